The molecule has 0 amide bonds. The Balaban J connectivity index is 2.61. The topological polar surface area (TPSA) is 40.5 Å². The summed E-state index contributed by atoms with van der Waals surface area (Å²) in [6.07, 6.45) is -1.12. The molecule has 1 saturated carbocycles. The number of carbonyl (C=O) groups is 1. The first-order valence-corrected chi connectivity index (χ1v) is 6.31. The second kappa shape index (κ2) is 6.41. The Morgan fingerprint density at radius 3 is 2.44 bits per heavy atom. The molecule has 0 aromatic carbocycles. The maximum atomic E-state index is 12.2. The van der Waals surface area contributed by atoms with Crippen molar-refractivity contribution in [2.45, 2.75) is 50.7 Å². The molecule has 0 heterocycles. The van der Waals surface area contributed by atoms with Gasteiger partial charge in [0, 0.05) is 12.6 Å². The minimum absolute atomic E-state index is 0.127. The molecule has 1 aliphatic carbocycles. The largest absolute Gasteiger partial charge is 0.481 e. The zero-order valence-electron chi connectivity index (χ0n) is 10.5. The second-order valence-electron chi connectivity index (χ2n) is 5.00. The molecule has 0 radical (unpaired) electrons. The average molecular weight is 267 g/mol. The number of alkyl halides is 3. The van der Waals surface area contributed by atoms with Gasteiger partial charge in [-0.1, -0.05) is 19.3 Å². The van der Waals surface area contributed by atoms with E-state index in [2.05, 4.69) is 0 Å². The molecule has 1 rings (SSSR count). The van der Waals surface area contributed by atoms with E-state index in [0.29, 0.717) is 12.8 Å². The minimum atomic E-state index is -4.18. The standard InChI is InChI=1S/C12H20F3NO2/c1-16(8-7-12(13,14)15)10-6-4-2-3-5-9(10)11(17)18/h9-10H,2-8H2,1H3,(H,17,18). The highest BCUT2D eigenvalue weighted by molar-refractivity contribution is 5.70. The van der Waals surface area contributed by atoms with Gasteiger partial charge < -0.3 is 10.0 Å². The van der Waals surface area contributed by atoms with Gasteiger partial charge in [0.2, 0.25) is 0 Å². The van der Waals surface area contributed by atoms with Crippen molar-refractivity contribution in [3.8, 4) is 0 Å². The number of nitrogens with zero attached hydrogens (tertiary/aromatic N) is 1. The molecule has 0 aliphatic heterocycles. The summed E-state index contributed by atoms with van der Waals surface area (Å²) in [7, 11) is 1.59. The van der Waals surface area contributed by atoms with E-state index in [-0.39, 0.29) is 12.6 Å². The number of carboxylic acids is 1. The summed E-state index contributed by atoms with van der Waals surface area (Å²) in [5, 5.41) is 9.16. The van der Waals surface area contributed by atoms with Crippen LogP contribution in [0.15, 0.2) is 0 Å². The van der Waals surface area contributed by atoms with Gasteiger partial charge in [0.15, 0.2) is 0 Å². The molecule has 0 aromatic rings. The van der Waals surface area contributed by atoms with Crippen LogP contribution in [0.3, 0.4) is 0 Å². The van der Waals surface area contributed by atoms with Crippen LogP contribution in [0.25, 0.3) is 0 Å². The molecule has 0 bridgehead atoms. The van der Waals surface area contributed by atoms with E-state index < -0.39 is 24.5 Å². The Hall–Kier alpha value is -0.780. The van der Waals surface area contributed by atoms with Crippen LogP contribution < -0.4 is 0 Å². The van der Waals surface area contributed by atoms with E-state index in [9.17, 15) is 18.0 Å². The summed E-state index contributed by atoms with van der Waals surface area (Å²) >= 11 is 0. The number of halogens is 3. The second-order valence-corrected chi connectivity index (χ2v) is 5.00. The molecule has 6 heteroatoms. The van der Waals surface area contributed by atoms with Gasteiger partial charge in [0.25, 0.3) is 0 Å². The number of carboxylic acid groups (broad SMARTS) is 1. The van der Waals surface area contributed by atoms with Crippen molar-refractivity contribution in [3.63, 3.8) is 0 Å². The fraction of sp³-hybridized carbons (Fsp3) is 0.917. The lowest BCUT2D eigenvalue weighted by Crippen LogP contribution is -2.42. The van der Waals surface area contributed by atoms with Crippen molar-refractivity contribution in [1.82, 2.24) is 4.90 Å². The first-order valence-electron chi connectivity index (χ1n) is 6.31. The smallest absolute Gasteiger partial charge is 0.390 e. The van der Waals surface area contributed by atoms with Gasteiger partial charge in [0.1, 0.15) is 0 Å². The highest BCUT2D eigenvalue weighted by atomic mass is 19.4. The molecule has 2 atom stereocenters. The summed E-state index contributed by atoms with van der Waals surface area (Å²) in [5.41, 5.74) is 0. The maximum absolute atomic E-state index is 12.2. The van der Waals surface area contributed by atoms with Crippen LogP contribution in [0, 0.1) is 5.92 Å². The lowest BCUT2D eigenvalue weighted by molar-refractivity contribution is -0.146. The van der Waals surface area contributed by atoms with Gasteiger partial charge in [-0.2, -0.15) is 13.2 Å². The molecule has 0 aromatic heterocycles. The Kier molecular flexibility index (Phi) is 5.44. The first-order chi connectivity index (χ1) is 8.31. The Morgan fingerprint density at radius 2 is 1.89 bits per heavy atom. The molecular weight excluding hydrogens is 247 g/mol. The lowest BCUT2D eigenvalue weighted by atomic mass is 9.93. The highest BCUT2D eigenvalue weighted by Crippen LogP contribution is 2.28. The van der Waals surface area contributed by atoms with Crippen molar-refractivity contribution < 1.29 is 23.1 Å². The Morgan fingerprint density at radius 1 is 1.28 bits per heavy atom. The predicted molar refractivity (Wildman–Crippen MR) is 61.3 cm³/mol. The Labute approximate surface area is 105 Å². The molecule has 0 saturated heterocycles. The summed E-state index contributed by atoms with van der Waals surface area (Å²) in [6.45, 7) is -0.127. The molecule has 0 spiro atoms. The summed E-state index contributed by atoms with van der Waals surface area (Å²) < 4.78 is 36.5. The number of hydrogen-bond donors (Lipinski definition) is 1. The third-order valence-electron chi connectivity index (χ3n) is 3.61. The Bertz CT molecular complexity index is 281. The molecule has 2 unspecified atom stereocenters. The third kappa shape index (κ3) is 4.84. The first kappa shape index (κ1) is 15.3. The van der Waals surface area contributed by atoms with Crippen LogP contribution in [-0.4, -0.2) is 41.8 Å². The van der Waals surface area contributed by atoms with Gasteiger partial charge in [-0.25, -0.2) is 0 Å². The van der Waals surface area contributed by atoms with Gasteiger partial charge in [-0.15, -0.1) is 0 Å². The summed E-state index contributed by atoms with van der Waals surface area (Å²) in [6, 6.07) is -0.271. The SMILES string of the molecule is CN(CCC(F)(F)F)C1CCCCCC1C(=O)O. The van der Waals surface area contributed by atoms with Gasteiger partial charge in [0.05, 0.1) is 12.3 Å². The van der Waals surface area contributed by atoms with Gasteiger partial charge in [-0.05, 0) is 19.9 Å². The van der Waals surface area contributed by atoms with E-state index in [4.69, 9.17) is 5.11 Å². The zero-order valence-corrected chi connectivity index (χ0v) is 10.5. The van der Waals surface area contributed by atoms with Crippen molar-refractivity contribution in [1.29, 1.82) is 0 Å². The lowest BCUT2D eigenvalue weighted by Gasteiger charge is -2.31. The number of aliphatic carboxylic acids is 1. The number of rotatable bonds is 4. The molecule has 1 fully saturated rings. The molecule has 1 aliphatic rings. The summed E-state index contributed by atoms with van der Waals surface area (Å²) in [5.74, 6) is -1.42. The van der Waals surface area contributed by atoms with Crippen LogP contribution in [0.2, 0.25) is 0 Å². The molecule has 1 N–H and O–H groups in total. The van der Waals surface area contributed by atoms with E-state index in [1.54, 1.807) is 11.9 Å². The maximum Gasteiger partial charge on any atom is 0.390 e. The van der Waals surface area contributed by atoms with Gasteiger partial charge >= 0.3 is 12.1 Å². The minimum Gasteiger partial charge on any atom is -0.481 e. The quantitative estimate of drug-likeness (QED) is 0.796. The normalized spacial score (nSPS) is 26.1. The van der Waals surface area contributed by atoms with Crippen LogP contribution in [0.4, 0.5) is 13.2 Å². The number of hydrogen-bond acceptors (Lipinski definition) is 2. The third-order valence-corrected chi connectivity index (χ3v) is 3.61. The fourth-order valence-electron chi connectivity index (χ4n) is 2.57. The monoisotopic (exact) mass is 267 g/mol. The van der Waals surface area contributed by atoms with Gasteiger partial charge in [-0.3, -0.25) is 4.79 Å². The van der Waals surface area contributed by atoms with Crippen molar-refractivity contribution in [3.05, 3.63) is 0 Å². The molecular formula is C12H20F3NO2. The van der Waals surface area contributed by atoms with Crippen molar-refractivity contribution >= 4 is 5.97 Å². The van der Waals surface area contributed by atoms with E-state index in [0.717, 1.165) is 19.3 Å². The van der Waals surface area contributed by atoms with Crippen molar-refractivity contribution in [2.24, 2.45) is 5.92 Å². The zero-order chi connectivity index (χ0) is 13.8. The molecule has 106 valence electrons. The van der Waals surface area contributed by atoms with Crippen LogP contribution in [0.5, 0.6) is 0 Å². The van der Waals surface area contributed by atoms with E-state index in [1.807, 2.05) is 0 Å². The van der Waals surface area contributed by atoms with Crippen molar-refractivity contribution in [2.75, 3.05) is 13.6 Å². The summed E-state index contributed by atoms with van der Waals surface area (Å²) in [4.78, 5) is 12.7. The predicted octanol–water partition coefficient (Wildman–Crippen LogP) is 2.90. The molecule has 3 nitrogen and oxygen atoms in total. The van der Waals surface area contributed by atoms with Crippen LogP contribution in [0.1, 0.15) is 38.5 Å². The van der Waals surface area contributed by atoms with Crippen LogP contribution in [-0.2, 0) is 4.79 Å². The highest BCUT2D eigenvalue weighted by Gasteiger charge is 2.34. The van der Waals surface area contributed by atoms with Crippen LogP contribution >= 0.6 is 0 Å². The fourth-order valence-corrected chi connectivity index (χ4v) is 2.57. The molecule has 18 heavy (non-hydrogen) atoms. The van der Waals surface area contributed by atoms with E-state index in [1.165, 1.54) is 0 Å². The average Bonchev–Trinajstić information content (AvgIpc) is 2.49. The van der Waals surface area contributed by atoms with E-state index >= 15 is 0 Å².